The Kier molecular flexibility index (Phi) is 4.38. The molecule has 3 heteroatoms. The summed E-state index contributed by atoms with van der Waals surface area (Å²) in [4.78, 5) is 5.37. The number of aryl methyl sites for hydroxylation is 1. The van der Waals surface area contributed by atoms with E-state index in [1.807, 2.05) is 11.3 Å². The van der Waals surface area contributed by atoms with Gasteiger partial charge in [-0.05, 0) is 58.0 Å². The summed E-state index contributed by atoms with van der Waals surface area (Å²) in [5, 5.41) is 3.48. The van der Waals surface area contributed by atoms with E-state index < -0.39 is 0 Å². The van der Waals surface area contributed by atoms with Crippen molar-refractivity contribution in [3.8, 4) is 0 Å². The topological polar surface area (TPSA) is 15.3 Å². The first-order valence-electron chi connectivity index (χ1n) is 6.18. The molecule has 0 saturated carbocycles. The Hall–Kier alpha value is -0.380. The lowest BCUT2D eigenvalue weighted by Gasteiger charge is -2.27. The summed E-state index contributed by atoms with van der Waals surface area (Å²) in [6.45, 7) is 6.93. The van der Waals surface area contributed by atoms with E-state index >= 15 is 0 Å². The number of hydrogen-bond acceptors (Lipinski definition) is 3. The molecule has 0 aromatic carbocycles. The Bertz CT molecular complexity index is 315. The molecule has 1 aromatic heterocycles. The van der Waals surface area contributed by atoms with E-state index in [4.69, 9.17) is 0 Å². The predicted octanol–water partition coefficient (Wildman–Crippen LogP) is 2.49. The molecule has 16 heavy (non-hydrogen) atoms. The molecule has 0 radical (unpaired) electrons. The molecule has 0 aliphatic carbocycles. The molecular formula is C13H22N2S. The average Bonchev–Trinajstić information content (AvgIpc) is 2.65. The molecular weight excluding hydrogens is 216 g/mol. The van der Waals surface area contributed by atoms with Crippen molar-refractivity contribution in [3.05, 3.63) is 21.9 Å². The van der Waals surface area contributed by atoms with Crippen molar-refractivity contribution in [1.29, 1.82) is 0 Å². The van der Waals surface area contributed by atoms with E-state index in [0.29, 0.717) is 0 Å². The number of rotatable bonds is 4. The van der Waals surface area contributed by atoms with Crippen molar-refractivity contribution in [2.75, 3.05) is 26.7 Å². The molecule has 2 rings (SSSR count). The SMILES string of the molecule is Cc1ccc(CN(C)CC2CCCNC2)s1. The van der Waals surface area contributed by atoms with Gasteiger partial charge >= 0.3 is 0 Å². The molecule has 0 amide bonds. The monoisotopic (exact) mass is 238 g/mol. The average molecular weight is 238 g/mol. The minimum Gasteiger partial charge on any atom is -0.316 e. The normalized spacial score (nSPS) is 21.6. The highest BCUT2D eigenvalue weighted by molar-refractivity contribution is 7.11. The summed E-state index contributed by atoms with van der Waals surface area (Å²) < 4.78 is 0. The Morgan fingerprint density at radius 2 is 2.38 bits per heavy atom. The maximum atomic E-state index is 3.48. The molecule has 1 fully saturated rings. The number of nitrogens with one attached hydrogen (secondary N) is 1. The van der Waals surface area contributed by atoms with E-state index in [9.17, 15) is 0 Å². The Labute approximate surface area is 103 Å². The van der Waals surface area contributed by atoms with Gasteiger partial charge < -0.3 is 10.2 Å². The molecule has 1 N–H and O–H groups in total. The molecule has 1 atom stereocenters. The lowest BCUT2D eigenvalue weighted by atomic mass is 9.99. The zero-order chi connectivity index (χ0) is 11.4. The predicted molar refractivity (Wildman–Crippen MR) is 71.0 cm³/mol. The van der Waals surface area contributed by atoms with Gasteiger partial charge in [0.1, 0.15) is 0 Å². The quantitative estimate of drug-likeness (QED) is 0.867. The van der Waals surface area contributed by atoms with Gasteiger partial charge in [-0.15, -0.1) is 11.3 Å². The highest BCUT2D eigenvalue weighted by atomic mass is 32.1. The Morgan fingerprint density at radius 3 is 3.00 bits per heavy atom. The van der Waals surface area contributed by atoms with Gasteiger partial charge in [0.25, 0.3) is 0 Å². The molecule has 2 heterocycles. The van der Waals surface area contributed by atoms with Crippen LogP contribution in [0.25, 0.3) is 0 Å². The number of thiophene rings is 1. The fourth-order valence-electron chi connectivity index (χ4n) is 2.42. The van der Waals surface area contributed by atoms with Crippen molar-refractivity contribution in [1.82, 2.24) is 10.2 Å². The second kappa shape index (κ2) is 5.80. The molecule has 2 nitrogen and oxygen atoms in total. The second-order valence-electron chi connectivity index (χ2n) is 4.92. The second-order valence-corrected chi connectivity index (χ2v) is 6.29. The van der Waals surface area contributed by atoms with Gasteiger partial charge in [0, 0.05) is 22.8 Å². The summed E-state index contributed by atoms with van der Waals surface area (Å²) in [7, 11) is 2.24. The molecule has 0 bridgehead atoms. The van der Waals surface area contributed by atoms with Crippen LogP contribution in [0, 0.1) is 12.8 Å². The van der Waals surface area contributed by atoms with E-state index in [0.717, 1.165) is 12.5 Å². The summed E-state index contributed by atoms with van der Waals surface area (Å²) in [6, 6.07) is 4.48. The van der Waals surface area contributed by atoms with Crippen molar-refractivity contribution >= 4 is 11.3 Å². The van der Waals surface area contributed by atoms with Gasteiger partial charge in [0.15, 0.2) is 0 Å². The molecule has 1 saturated heterocycles. The van der Waals surface area contributed by atoms with Crippen LogP contribution in [0.2, 0.25) is 0 Å². The van der Waals surface area contributed by atoms with Crippen LogP contribution >= 0.6 is 11.3 Å². The summed E-state index contributed by atoms with van der Waals surface area (Å²) in [5.74, 6) is 0.847. The summed E-state index contributed by atoms with van der Waals surface area (Å²) in [5.41, 5.74) is 0. The molecule has 1 aliphatic heterocycles. The maximum Gasteiger partial charge on any atom is 0.0325 e. The van der Waals surface area contributed by atoms with Gasteiger partial charge in [0.2, 0.25) is 0 Å². The van der Waals surface area contributed by atoms with Crippen molar-refractivity contribution in [2.24, 2.45) is 5.92 Å². The van der Waals surface area contributed by atoms with Crippen LogP contribution in [0.4, 0.5) is 0 Å². The van der Waals surface area contributed by atoms with Gasteiger partial charge in [-0.2, -0.15) is 0 Å². The van der Waals surface area contributed by atoms with Crippen LogP contribution in [0.3, 0.4) is 0 Å². The van der Waals surface area contributed by atoms with Crippen molar-refractivity contribution < 1.29 is 0 Å². The lowest BCUT2D eigenvalue weighted by Crippen LogP contribution is -2.36. The molecule has 1 aromatic rings. The molecule has 1 aliphatic rings. The van der Waals surface area contributed by atoms with Crippen molar-refractivity contribution in [2.45, 2.75) is 26.3 Å². The Morgan fingerprint density at radius 1 is 1.50 bits per heavy atom. The zero-order valence-electron chi connectivity index (χ0n) is 10.3. The minimum atomic E-state index is 0.847. The molecule has 90 valence electrons. The van der Waals surface area contributed by atoms with E-state index in [-0.39, 0.29) is 0 Å². The Balaban J connectivity index is 1.77. The molecule has 0 spiro atoms. The van der Waals surface area contributed by atoms with Crippen LogP contribution in [0.5, 0.6) is 0 Å². The van der Waals surface area contributed by atoms with Crippen LogP contribution < -0.4 is 5.32 Å². The van der Waals surface area contributed by atoms with E-state index in [1.54, 1.807) is 0 Å². The third-order valence-electron chi connectivity index (χ3n) is 3.19. The largest absolute Gasteiger partial charge is 0.316 e. The smallest absolute Gasteiger partial charge is 0.0325 e. The van der Waals surface area contributed by atoms with Crippen LogP contribution in [0.1, 0.15) is 22.6 Å². The van der Waals surface area contributed by atoms with Crippen LogP contribution in [-0.2, 0) is 6.54 Å². The van der Waals surface area contributed by atoms with Crippen LogP contribution in [0.15, 0.2) is 12.1 Å². The fourth-order valence-corrected chi connectivity index (χ4v) is 3.39. The van der Waals surface area contributed by atoms with Crippen LogP contribution in [-0.4, -0.2) is 31.6 Å². The van der Waals surface area contributed by atoms with E-state index in [1.165, 1.54) is 42.2 Å². The highest BCUT2D eigenvalue weighted by Crippen LogP contribution is 2.18. The van der Waals surface area contributed by atoms with Gasteiger partial charge in [-0.3, -0.25) is 0 Å². The highest BCUT2D eigenvalue weighted by Gasteiger charge is 2.15. The lowest BCUT2D eigenvalue weighted by molar-refractivity contribution is 0.239. The van der Waals surface area contributed by atoms with Gasteiger partial charge in [-0.25, -0.2) is 0 Å². The molecule has 1 unspecified atom stereocenters. The van der Waals surface area contributed by atoms with Gasteiger partial charge in [0.05, 0.1) is 0 Å². The third-order valence-corrected chi connectivity index (χ3v) is 4.18. The minimum absolute atomic E-state index is 0.847. The fraction of sp³-hybridized carbons (Fsp3) is 0.692. The first-order chi connectivity index (χ1) is 7.74. The number of hydrogen-bond donors (Lipinski definition) is 1. The van der Waals surface area contributed by atoms with Gasteiger partial charge in [-0.1, -0.05) is 0 Å². The first-order valence-corrected chi connectivity index (χ1v) is 7.00. The standard InChI is InChI=1S/C13H22N2S/c1-11-5-6-13(16-11)10-15(2)9-12-4-3-7-14-8-12/h5-6,12,14H,3-4,7-10H2,1-2H3. The first kappa shape index (κ1) is 12.1. The summed E-state index contributed by atoms with van der Waals surface area (Å²) in [6.07, 6.45) is 2.73. The zero-order valence-corrected chi connectivity index (χ0v) is 11.1. The third kappa shape index (κ3) is 3.58. The summed E-state index contributed by atoms with van der Waals surface area (Å²) >= 11 is 1.92. The number of piperidine rings is 1. The maximum absolute atomic E-state index is 3.48. The van der Waals surface area contributed by atoms with E-state index in [2.05, 4.69) is 36.3 Å². The van der Waals surface area contributed by atoms with Crippen molar-refractivity contribution in [3.63, 3.8) is 0 Å². The number of nitrogens with zero attached hydrogens (tertiary/aromatic N) is 1.